The number of hydrogen-bond donors (Lipinski definition) is 2. The summed E-state index contributed by atoms with van der Waals surface area (Å²) in [4.78, 5) is 36.2. The van der Waals surface area contributed by atoms with Crippen molar-refractivity contribution in [1.29, 1.82) is 0 Å². The van der Waals surface area contributed by atoms with E-state index in [2.05, 4.69) is 19.2 Å². The van der Waals surface area contributed by atoms with Crippen molar-refractivity contribution >= 4 is 17.8 Å². The zero-order valence-electron chi connectivity index (χ0n) is 20.7. The highest BCUT2D eigenvalue weighted by Crippen LogP contribution is 2.36. The van der Waals surface area contributed by atoms with Crippen LogP contribution in [0.5, 0.6) is 0 Å². The first-order valence-electron chi connectivity index (χ1n) is 13.1. The van der Waals surface area contributed by atoms with Crippen LogP contribution in [0.25, 0.3) is 0 Å². The number of cyclic esters (lactones) is 1. The molecule has 0 radical (unpaired) electrons. The largest absolute Gasteiger partial charge is 0.481 e. The highest BCUT2D eigenvalue weighted by Gasteiger charge is 2.45. The lowest BCUT2D eigenvalue weighted by Gasteiger charge is -2.38. The molecule has 1 saturated heterocycles. The van der Waals surface area contributed by atoms with Crippen LogP contribution in [-0.2, 0) is 19.1 Å². The fourth-order valence-electron chi connectivity index (χ4n) is 4.82. The van der Waals surface area contributed by atoms with Crippen LogP contribution < -0.4 is 5.32 Å². The van der Waals surface area contributed by atoms with Crippen LogP contribution in [0.15, 0.2) is 0 Å². The lowest BCUT2D eigenvalue weighted by molar-refractivity contribution is -0.188. The summed E-state index contributed by atoms with van der Waals surface area (Å²) in [5, 5.41) is 12.3. The van der Waals surface area contributed by atoms with E-state index in [0.29, 0.717) is 12.8 Å². The summed E-state index contributed by atoms with van der Waals surface area (Å²) in [7, 11) is 1.48. The van der Waals surface area contributed by atoms with E-state index in [4.69, 9.17) is 4.74 Å². The van der Waals surface area contributed by atoms with Crippen molar-refractivity contribution in [3.8, 4) is 0 Å². The summed E-state index contributed by atoms with van der Waals surface area (Å²) in [6.45, 7) is 4.38. The van der Waals surface area contributed by atoms with Gasteiger partial charge in [-0.3, -0.25) is 14.4 Å². The van der Waals surface area contributed by atoms with Crippen LogP contribution in [0.1, 0.15) is 117 Å². The van der Waals surface area contributed by atoms with Gasteiger partial charge in [-0.1, -0.05) is 97.3 Å². The number of unbranched alkanes of at least 4 members (excludes halogenated alkanes) is 11. The summed E-state index contributed by atoms with van der Waals surface area (Å²) in [5.41, 5.74) is 0. The predicted octanol–water partition coefficient (Wildman–Crippen LogP) is 5.87. The maximum atomic E-state index is 12.3. The maximum Gasteiger partial charge on any atom is 0.316 e. The van der Waals surface area contributed by atoms with E-state index in [1.807, 2.05) is 0 Å². The molecule has 0 bridgehead atoms. The van der Waals surface area contributed by atoms with E-state index >= 15 is 0 Å². The van der Waals surface area contributed by atoms with Crippen molar-refractivity contribution in [3.63, 3.8) is 0 Å². The molecule has 0 aromatic carbocycles. The predicted molar refractivity (Wildman–Crippen MR) is 127 cm³/mol. The molecular formula is C26H47NO5. The number of ether oxygens (including phenoxy) is 1. The van der Waals surface area contributed by atoms with Gasteiger partial charge in [0.15, 0.2) is 0 Å². The maximum absolute atomic E-state index is 12.3. The van der Waals surface area contributed by atoms with Gasteiger partial charge in [-0.25, -0.2) is 0 Å². The molecule has 1 unspecified atom stereocenters. The average Bonchev–Trinajstić information content (AvgIpc) is 2.76. The van der Waals surface area contributed by atoms with E-state index in [1.165, 1.54) is 45.6 Å². The molecule has 0 aliphatic carbocycles. The zero-order chi connectivity index (χ0) is 23.8. The first kappa shape index (κ1) is 28.4. The van der Waals surface area contributed by atoms with Crippen LogP contribution in [0.2, 0.25) is 0 Å². The smallest absolute Gasteiger partial charge is 0.316 e. The molecule has 1 aliphatic rings. The first-order valence-corrected chi connectivity index (χ1v) is 13.1. The molecule has 1 amide bonds. The number of amides is 1. The SMILES string of the molecule is CCCCCCCCCCCC(C[C@@H]1OC(=O)[C@H]1CCCCCC)[C@H](C(=O)O)C(=O)NC. The van der Waals surface area contributed by atoms with Gasteiger partial charge in [-0.15, -0.1) is 0 Å². The molecule has 6 heteroatoms. The van der Waals surface area contributed by atoms with Gasteiger partial charge in [0.25, 0.3) is 0 Å². The van der Waals surface area contributed by atoms with Gasteiger partial charge in [0.1, 0.15) is 12.0 Å². The Morgan fingerprint density at radius 3 is 1.94 bits per heavy atom. The molecule has 1 fully saturated rings. The Kier molecular flexibility index (Phi) is 15.1. The first-order chi connectivity index (χ1) is 15.5. The highest BCUT2D eigenvalue weighted by atomic mass is 16.6. The number of esters is 1. The molecule has 0 saturated carbocycles. The summed E-state index contributed by atoms with van der Waals surface area (Å²) in [5.74, 6) is -3.25. The van der Waals surface area contributed by atoms with Gasteiger partial charge in [0.2, 0.25) is 5.91 Å². The minimum absolute atomic E-state index is 0.142. The van der Waals surface area contributed by atoms with Gasteiger partial charge in [0, 0.05) is 7.05 Å². The zero-order valence-corrected chi connectivity index (χ0v) is 20.7. The molecule has 0 aromatic heterocycles. The molecule has 32 heavy (non-hydrogen) atoms. The Bertz CT molecular complexity index is 550. The van der Waals surface area contributed by atoms with Crippen molar-refractivity contribution in [3.05, 3.63) is 0 Å². The number of carboxylic acid groups (broad SMARTS) is 1. The van der Waals surface area contributed by atoms with Crippen LogP contribution >= 0.6 is 0 Å². The molecule has 1 rings (SSSR count). The summed E-state index contributed by atoms with van der Waals surface area (Å²) in [6.07, 6.45) is 16.8. The molecule has 1 heterocycles. The number of carbonyl (C=O) groups excluding carboxylic acids is 2. The summed E-state index contributed by atoms with van der Waals surface area (Å²) >= 11 is 0. The Labute approximate surface area is 195 Å². The minimum Gasteiger partial charge on any atom is -0.481 e. The van der Waals surface area contributed by atoms with Gasteiger partial charge in [-0.2, -0.15) is 0 Å². The van der Waals surface area contributed by atoms with Crippen LogP contribution in [0.4, 0.5) is 0 Å². The monoisotopic (exact) mass is 453 g/mol. The molecular weight excluding hydrogens is 406 g/mol. The average molecular weight is 454 g/mol. The van der Waals surface area contributed by atoms with E-state index in [1.54, 1.807) is 0 Å². The van der Waals surface area contributed by atoms with E-state index in [-0.39, 0.29) is 23.9 Å². The standard InChI is InChI=1S/C26H47NO5/c1-4-6-8-10-11-12-13-14-15-17-20(23(25(29)30)24(28)27-3)19-22-21(26(31)32-22)18-16-9-7-5-2/h20-23H,4-19H2,1-3H3,(H,27,28)(H,29,30)/t20?,21-,22-,23-/m0/s1. The molecule has 186 valence electrons. The quantitative estimate of drug-likeness (QED) is 0.137. The Morgan fingerprint density at radius 1 is 0.906 bits per heavy atom. The van der Waals surface area contributed by atoms with Crippen LogP contribution in [0, 0.1) is 17.8 Å². The molecule has 6 nitrogen and oxygen atoms in total. The molecule has 4 atom stereocenters. The second-order valence-electron chi connectivity index (χ2n) is 9.47. The van der Waals surface area contributed by atoms with Gasteiger partial charge in [-0.05, 0) is 25.2 Å². The third kappa shape index (κ3) is 10.4. The Morgan fingerprint density at radius 2 is 1.44 bits per heavy atom. The number of hydrogen-bond acceptors (Lipinski definition) is 4. The summed E-state index contributed by atoms with van der Waals surface area (Å²) in [6, 6.07) is 0. The van der Waals surface area contributed by atoms with Crippen LogP contribution in [-0.4, -0.2) is 36.1 Å². The Balaban J connectivity index is 2.56. The van der Waals surface area contributed by atoms with E-state index in [9.17, 15) is 19.5 Å². The Hall–Kier alpha value is -1.59. The van der Waals surface area contributed by atoms with Gasteiger partial charge >= 0.3 is 11.9 Å². The van der Waals surface area contributed by atoms with E-state index in [0.717, 1.165) is 51.4 Å². The number of nitrogens with one attached hydrogen (secondary N) is 1. The summed E-state index contributed by atoms with van der Waals surface area (Å²) < 4.78 is 5.41. The number of aliphatic carboxylic acids is 1. The van der Waals surface area contributed by atoms with Gasteiger partial charge in [0.05, 0.1) is 5.92 Å². The molecule has 2 N–H and O–H groups in total. The number of carbonyl (C=O) groups is 3. The lowest BCUT2D eigenvalue weighted by atomic mass is 9.77. The third-order valence-electron chi connectivity index (χ3n) is 6.87. The van der Waals surface area contributed by atoms with Crippen molar-refractivity contribution in [2.24, 2.45) is 17.8 Å². The fourth-order valence-corrected chi connectivity index (χ4v) is 4.82. The fraction of sp³-hybridized carbons (Fsp3) is 0.885. The molecule has 1 aliphatic heterocycles. The van der Waals surface area contributed by atoms with Crippen molar-refractivity contribution in [2.45, 2.75) is 123 Å². The normalized spacial score (nSPS) is 19.7. The lowest BCUT2D eigenvalue weighted by Crippen LogP contribution is -2.48. The molecule has 0 aromatic rings. The van der Waals surface area contributed by atoms with Crippen molar-refractivity contribution < 1.29 is 24.2 Å². The number of carboxylic acids is 1. The van der Waals surface area contributed by atoms with Gasteiger partial charge < -0.3 is 15.2 Å². The number of rotatable bonds is 20. The third-order valence-corrected chi connectivity index (χ3v) is 6.87. The second-order valence-corrected chi connectivity index (χ2v) is 9.47. The molecule has 0 spiro atoms. The van der Waals surface area contributed by atoms with Crippen molar-refractivity contribution in [1.82, 2.24) is 5.32 Å². The second kappa shape index (κ2) is 17.0. The topological polar surface area (TPSA) is 92.7 Å². The highest BCUT2D eigenvalue weighted by molar-refractivity contribution is 5.97. The van der Waals surface area contributed by atoms with E-state index < -0.39 is 17.8 Å². The van der Waals surface area contributed by atoms with Crippen LogP contribution in [0.3, 0.4) is 0 Å². The minimum atomic E-state index is -1.09. The van der Waals surface area contributed by atoms with Crippen molar-refractivity contribution in [2.75, 3.05) is 7.05 Å².